The van der Waals surface area contributed by atoms with Gasteiger partial charge in [0.2, 0.25) is 5.91 Å². The highest BCUT2D eigenvalue weighted by molar-refractivity contribution is 7.18. The number of anilines is 2. The number of fused-ring (bicyclic) bond motifs is 2. The molecule has 304 valence electrons. The second-order valence-electron chi connectivity index (χ2n) is 15.7. The van der Waals surface area contributed by atoms with E-state index in [-0.39, 0.29) is 35.7 Å². The van der Waals surface area contributed by atoms with Crippen LogP contribution in [0.15, 0.2) is 48.5 Å². The van der Waals surface area contributed by atoms with Gasteiger partial charge in [0.25, 0.3) is 17.7 Å². The summed E-state index contributed by atoms with van der Waals surface area (Å²) in [6.07, 6.45) is -1.12. The Labute approximate surface area is 335 Å². The fraction of sp³-hybridized carbons (Fsp3) is 0.425. The number of nitrogens with zero attached hydrogens (tertiary/aromatic N) is 6. The standard InChI is InChI=1S/C40H41F3N8O6S/c1-39(2,57)25-19-28-30(20-27(25)45-34(53)26-6-4-8-31(44-26)40(41,42)43)58-35(46-28)23-11-14-48(15-12-23)21-22-9-16-49(17-10-22)29-7-3-5-24-33(29)37(55)51(36(24)54)50-18-13-32(52)47-38(50)56/h3-8,19-20,22-23,57H,9-18,21H2,1-2H3,(H,45,53)(H,47,52,56). The van der Waals surface area contributed by atoms with Crippen molar-refractivity contribution in [3.8, 4) is 0 Å². The molecule has 6 amide bonds. The smallest absolute Gasteiger partial charge is 0.386 e. The van der Waals surface area contributed by atoms with Gasteiger partial charge < -0.3 is 20.2 Å². The zero-order valence-corrected chi connectivity index (χ0v) is 32.6. The van der Waals surface area contributed by atoms with Crippen LogP contribution < -0.4 is 15.5 Å². The number of piperidine rings is 2. The third-order valence-electron chi connectivity index (χ3n) is 11.3. The van der Waals surface area contributed by atoms with Crippen molar-refractivity contribution in [2.45, 2.75) is 63.6 Å². The number of thiazole rings is 1. The van der Waals surface area contributed by atoms with Gasteiger partial charge in [-0.25, -0.2) is 19.8 Å². The molecule has 3 saturated heterocycles. The van der Waals surface area contributed by atoms with Crippen LogP contribution in [0.4, 0.5) is 29.3 Å². The van der Waals surface area contributed by atoms with E-state index in [0.717, 1.165) is 77.2 Å². The number of pyridine rings is 1. The van der Waals surface area contributed by atoms with Crippen LogP contribution in [0.25, 0.3) is 10.2 Å². The molecule has 3 fully saturated rings. The molecule has 0 spiro atoms. The number of likely N-dealkylation sites (tertiary alicyclic amines) is 1. The first kappa shape index (κ1) is 39.4. The Hall–Kier alpha value is -5.46. The third kappa shape index (κ3) is 7.63. The highest BCUT2D eigenvalue weighted by Crippen LogP contribution is 2.40. The maximum atomic E-state index is 13.6. The lowest BCUT2D eigenvalue weighted by atomic mass is 9.92. The van der Waals surface area contributed by atoms with Gasteiger partial charge in [-0.2, -0.15) is 18.2 Å². The lowest BCUT2D eigenvalue weighted by Gasteiger charge is -2.38. The number of halogens is 3. The summed E-state index contributed by atoms with van der Waals surface area (Å²) in [6, 6.07) is 10.9. The molecule has 0 unspecified atom stereocenters. The van der Waals surface area contributed by atoms with Crippen LogP contribution in [0.5, 0.6) is 0 Å². The molecule has 4 aromatic rings. The van der Waals surface area contributed by atoms with Gasteiger partial charge in [0, 0.05) is 43.2 Å². The summed E-state index contributed by atoms with van der Waals surface area (Å²) in [7, 11) is 0. The molecule has 18 heteroatoms. The van der Waals surface area contributed by atoms with Crippen LogP contribution in [0, 0.1) is 5.92 Å². The number of hydrogen-bond acceptors (Lipinski definition) is 11. The molecule has 2 aromatic heterocycles. The molecular formula is C40H41F3N8O6S. The molecule has 0 atom stereocenters. The number of benzene rings is 2. The molecule has 58 heavy (non-hydrogen) atoms. The van der Waals surface area contributed by atoms with Crippen molar-refractivity contribution in [2.24, 2.45) is 5.92 Å². The molecular weight excluding hydrogens is 778 g/mol. The van der Waals surface area contributed by atoms with Crippen LogP contribution in [0.1, 0.15) is 99.3 Å². The van der Waals surface area contributed by atoms with Gasteiger partial charge in [0.1, 0.15) is 11.4 Å². The van der Waals surface area contributed by atoms with E-state index < -0.39 is 52.8 Å². The maximum Gasteiger partial charge on any atom is 0.433 e. The first-order valence-electron chi connectivity index (χ1n) is 19.2. The zero-order chi connectivity index (χ0) is 41.1. The van der Waals surface area contributed by atoms with E-state index in [2.05, 4.69) is 25.4 Å². The third-order valence-corrected chi connectivity index (χ3v) is 12.5. The highest BCUT2D eigenvalue weighted by atomic mass is 32.1. The van der Waals surface area contributed by atoms with Crippen LogP contribution in [0.3, 0.4) is 0 Å². The average molecular weight is 819 g/mol. The largest absolute Gasteiger partial charge is 0.433 e. The predicted molar refractivity (Wildman–Crippen MR) is 207 cm³/mol. The zero-order valence-electron chi connectivity index (χ0n) is 31.8. The summed E-state index contributed by atoms with van der Waals surface area (Å²) >= 11 is 1.50. The van der Waals surface area contributed by atoms with E-state index in [1.807, 2.05) is 6.07 Å². The number of hydrazine groups is 1. The van der Waals surface area contributed by atoms with Crippen molar-refractivity contribution < 1.29 is 42.3 Å². The topological polar surface area (TPSA) is 168 Å². The van der Waals surface area contributed by atoms with Gasteiger partial charge in [0.15, 0.2) is 0 Å². The second-order valence-corrected chi connectivity index (χ2v) is 16.8. The SMILES string of the molecule is CC(C)(O)c1cc2nc(C3CCN(CC4CCN(c5cccc6c5C(=O)N(N5CCC(=O)NC5=O)C6=O)CC4)CC3)sc2cc1NC(=O)c1cccc(C(F)(F)F)n1. The number of urea groups is 1. The van der Waals surface area contributed by atoms with Crippen LogP contribution >= 0.6 is 11.3 Å². The van der Waals surface area contributed by atoms with Crippen molar-refractivity contribution >= 4 is 62.6 Å². The summed E-state index contributed by atoms with van der Waals surface area (Å²) in [5.41, 5.74) is -0.473. The molecule has 0 bridgehead atoms. The fourth-order valence-electron chi connectivity index (χ4n) is 8.25. The number of rotatable bonds is 8. The Morgan fingerprint density at radius 2 is 1.66 bits per heavy atom. The van der Waals surface area contributed by atoms with Gasteiger partial charge in [0.05, 0.1) is 44.2 Å². The normalized spacial score (nSPS) is 19.0. The minimum Gasteiger partial charge on any atom is -0.386 e. The van der Waals surface area contributed by atoms with Crippen LogP contribution in [-0.4, -0.2) is 98.9 Å². The molecule has 8 rings (SSSR count). The average Bonchev–Trinajstić information content (AvgIpc) is 3.72. The lowest BCUT2D eigenvalue weighted by Crippen LogP contribution is -2.58. The number of hydrogen-bond donors (Lipinski definition) is 3. The summed E-state index contributed by atoms with van der Waals surface area (Å²) in [6.45, 7) is 7.17. The Morgan fingerprint density at radius 1 is 0.931 bits per heavy atom. The molecule has 4 aliphatic heterocycles. The number of aliphatic hydroxyl groups is 1. The van der Waals surface area contributed by atoms with Crippen molar-refractivity contribution in [1.29, 1.82) is 0 Å². The summed E-state index contributed by atoms with van der Waals surface area (Å²) in [5, 5.41) is 18.6. The van der Waals surface area contributed by atoms with E-state index in [1.54, 1.807) is 38.1 Å². The van der Waals surface area contributed by atoms with Crippen molar-refractivity contribution in [1.82, 2.24) is 30.2 Å². The monoisotopic (exact) mass is 818 g/mol. The van der Waals surface area contributed by atoms with E-state index >= 15 is 0 Å². The van der Waals surface area contributed by atoms with Gasteiger partial charge in [-0.15, -0.1) is 11.3 Å². The quantitative estimate of drug-likeness (QED) is 0.187. The molecule has 6 heterocycles. The van der Waals surface area contributed by atoms with Gasteiger partial charge in [-0.05, 0) is 94.9 Å². The van der Waals surface area contributed by atoms with Crippen molar-refractivity contribution in [2.75, 3.05) is 49.5 Å². The van der Waals surface area contributed by atoms with Crippen LogP contribution in [0.2, 0.25) is 0 Å². The van der Waals surface area contributed by atoms with Crippen molar-refractivity contribution in [3.05, 3.63) is 81.6 Å². The van der Waals surface area contributed by atoms with E-state index in [0.29, 0.717) is 35.8 Å². The molecule has 0 radical (unpaired) electrons. The number of amides is 6. The number of carbonyl (C=O) groups excluding carboxylic acids is 5. The van der Waals surface area contributed by atoms with Crippen molar-refractivity contribution in [3.63, 3.8) is 0 Å². The summed E-state index contributed by atoms with van der Waals surface area (Å²) in [4.78, 5) is 77.1. The Balaban J connectivity index is 0.881. The van der Waals surface area contributed by atoms with E-state index in [1.165, 1.54) is 17.4 Å². The fourth-order valence-corrected chi connectivity index (χ4v) is 9.41. The molecule has 3 N–H and O–H groups in total. The minimum atomic E-state index is -4.70. The summed E-state index contributed by atoms with van der Waals surface area (Å²) in [5.74, 6) is -1.79. The number of aromatic nitrogens is 2. The molecule has 0 aliphatic carbocycles. The van der Waals surface area contributed by atoms with Gasteiger partial charge in [-0.1, -0.05) is 12.1 Å². The minimum absolute atomic E-state index is 0.00915. The Morgan fingerprint density at radius 3 is 2.34 bits per heavy atom. The number of alkyl halides is 3. The number of nitrogens with one attached hydrogen (secondary N) is 2. The van der Waals surface area contributed by atoms with Crippen LogP contribution in [-0.2, 0) is 16.6 Å². The number of imide groups is 2. The van der Waals surface area contributed by atoms with Gasteiger partial charge >= 0.3 is 12.2 Å². The Bertz CT molecular complexity index is 2330. The summed E-state index contributed by atoms with van der Waals surface area (Å²) < 4.78 is 40.5. The molecule has 4 aliphatic rings. The molecule has 14 nitrogen and oxygen atoms in total. The maximum absolute atomic E-state index is 13.6. The first-order chi connectivity index (χ1) is 27.5. The first-order valence-corrected chi connectivity index (χ1v) is 20.0. The lowest BCUT2D eigenvalue weighted by molar-refractivity contribution is -0.141. The number of carbonyl (C=O) groups is 5. The second kappa shape index (κ2) is 15.0. The molecule has 2 aromatic carbocycles. The predicted octanol–water partition coefficient (Wildman–Crippen LogP) is 5.74. The van der Waals surface area contributed by atoms with E-state index in [4.69, 9.17) is 4.98 Å². The van der Waals surface area contributed by atoms with E-state index in [9.17, 15) is 42.3 Å². The highest BCUT2D eigenvalue weighted by Gasteiger charge is 2.45. The van der Waals surface area contributed by atoms with Gasteiger partial charge in [-0.3, -0.25) is 24.5 Å². The Kier molecular flexibility index (Phi) is 10.2. The molecule has 0 saturated carbocycles.